The molecule has 0 saturated carbocycles. The molecule has 2 nitrogen and oxygen atoms in total. The highest BCUT2D eigenvalue weighted by molar-refractivity contribution is 5.21. The maximum Gasteiger partial charge on any atom is 0.0230 e. The van der Waals surface area contributed by atoms with Gasteiger partial charge in [0.15, 0.2) is 0 Å². The molecule has 0 heterocycles. The topological polar surface area (TPSA) is 15.3 Å². The van der Waals surface area contributed by atoms with E-state index in [1.807, 2.05) is 7.05 Å². The second-order valence-corrected chi connectivity index (χ2v) is 5.75. The normalized spacial score (nSPS) is 13.3. The molecule has 0 aliphatic heterocycles. The highest BCUT2D eigenvalue weighted by Gasteiger charge is 2.14. The van der Waals surface area contributed by atoms with Crippen LogP contribution in [0.3, 0.4) is 0 Å². The van der Waals surface area contributed by atoms with Crippen LogP contribution < -0.4 is 5.32 Å². The molecule has 102 valence electrons. The molecular weight excluding hydrogens is 220 g/mol. The van der Waals surface area contributed by atoms with Crippen LogP contribution in [-0.4, -0.2) is 32.1 Å². The van der Waals surface area contributed by atoms with Crippen molar-refractivity contribution in [3.63, 3.8) is 0 Å². The number of nitrogens with zero attached hydrogens (tertiary/aromatic N) is 1. The number of benzene rings is 1. The van der Waals surface area contributed by atoms with E-state index in [9.17, 15) is 0 Å². The summed E-state index contributed by atoms with van der Waals surface area (Å²) in [5, 5.41) is 3.30. The number of nitrogens with one attached hydrogen (secondary N) is 1. The first-order chi connectivity index (χ1) is 8.52. The molecule has 0 spiro atoms. The van der Waals surface area contributed by atoms with E-state index < -0.39 is 0 Å². The standard InChI is InChI=1S/C16H28N2/c1-13(2)16(10-17-4)12-18(5)11-15-8-6-7-14(3)9-15/h6-9,13,16-17H,10-12H2,1-5H3. The lowest BCUT2D eigenvalue weighted by Crippen LogP contribution is -2.34. The molecule has 0 fully saturated rings. The summed E-state index contributed by atoms with van der Waals surface area (Å²) in [4.78, 5) is 2.43. The van der Waals surface area contributed by atoms with Crippen LogP contribution in [-0.2, 0) is 6.54 Å². The van der Waals surface area contributed by atoms with Gasteiger partial charge in [-0.3, -0.25) is 0 Å². The van der Waals surface area contributed by atoms with Gasteiger partial charge in [0.25, 0.3) is 0 Å². The van der Waals surface area contributed by atoms with Crippen molar-refractivity contribution in [3.8, 4) is 0 Å². The van der Waals surface area contributed by atoms with Gasteiger partial charge >= 0.3 is 0 Å². The molecule has 0 aromatic heterocycles. The Balaban J connectivity index is 2.51. The minimum absolute atomic E-state index is 0.713. The molecule has 0 bridgehead atoms. The predicted octanol–water partition coefficient (Wildman–Crippen LogP) is 2.92. The van der Waals surface area contributed by atoms with Crippen LogP contribution in [0.15, 0.2) is 24.3 Å². The quantitative estimate of drug-likeness (QED) is 0.798. The van der Waals surface area contributed by atoms with Crippen LogP contribution in [0.25, 0.3) is 0 Å². The first-order valence-corrected chi connectivity index (χ1v) is 6.91. The van der Waals surface area contributed by atoms with Crippen molar-refractivity contribution in [2.24, 2.45) is 11.8 Å². The Labute approximate surface area is 112 Å². The monoisotopic (exact) mass is 248 g/mol. The lowest BCUT2D eigenvalue weighted by Gasteiger charge is -2.26. The van der Waals surface area contributed by atoms with Gasteiger partial charge in [0.1, 0.15) is 0 Å². The van der Waals surface area contributed by atoms with Gasteiger partial charge in [0.2, 0.25) is 0 Å². The maximum atomic E-state index is 3.30. The molecule has 1 rings (SSSR count). The molecule has 1 aromatic rings. The Bertz CT molecular complexity index is 347. The minimum atomic E-state index is 0.713. The Kier molecular flexibility index (Phi) is 6.37. The molecule has 1 unspecified atom stereocenters. The Morgan fingerprint density at radius 2 is 2.00 bits per heavy atom. The largest absolute Gasteiger partial charge is 0.319 e. The highest BCUT2D eigenvalue weighted by atomic mass is 15.1. The fourth-order valence-electron chi connectivity index (χ4n) is 2.36. The second-order valence-electron chi connectivity index (χ2n) is 5.75. The molecule has 0 radical (unpaired) electrons. The summed E-state index contributed by atoms with van der Waals surface area (Å²) >= 11 is 0. The number of hydrogen-bond acceptors (Lipinski definition) is 2. The Morgan fingerprint density at radius 1 is 1.28 bits per heavy atom. The summed E-state index contributed by atoms with van der Waals surface area (Å²) < 4.78 is 0. The zero-order chi connectivity index (χ0) is 13.5. The van der Waals surface area contributed by atoms with Crippen LogP contribution >= 0.6 is 0 Å². The summed E-state index contributed by atoms with van der Waals surface area (Å²) in [5.74, 6) is 1.43. The van der Waals surface area contributed by atoms with E-state index in [1.54, 1.807) is 0 Å². The molecule has 0 amide bonds. The van der Waals surface area contributed by atoms with Crippen LogP contribution in [0.4, 0.5) is 0 Å². The van der Waals surface area contributed by atoms with Crippen LogP contribution in [0, 0.1) is 18.8 Å². The molecule has 1 aromatic carbocycles. The summed E-state index contributed by atoms with van der Waals surface area (Å²) in [5.41, 5.74) is 2.75. The van der Waals surface area contributed by atoms with Gasteiger partial charge in [-0.1, -0.05) is 43.7 Å². The van der Waals surface area contributed by atoms with Gasteiger partial charge in [-0.2, -0.15) is 0 Å². The summed E-state index contributed by atoms with van der Waals surface area (Å²) in [7, 11) is 4.25. The lowest BCUT2D eigenvalue weighted by molar-refractivity contribution is 0.227. The van der Waals surface area contributed by atoms with Crippen LogP contribution in [0.5, 0.6) is 0 Å². The molecule has 18 heavy (non-hydrogen) atoms. The van der Waals surface area contributed by atoms with Crippen molar-refractivity contribution in [2.75, 3.05) is 27.2 Å². The minimum Gasteiger partial charge on any atom is -0.319 e. The lowest BCUT2D eigenvalue weighted by atomic mass is 9.95. The van der Waals surface area contributed by atoms with Gasteiger partial charge in [-0.05, 0) is 45.0 Å². The maximum absolute atomic E-state index is 3.30. The van der Waals surface area contributed by atoms with Crippen molar-refractivity contribution < 1.29 is 0 Å². The molecule has 0 aliphatic rings. The van der Waals surface area contributed by atoms with Crippen LogP contribution in [0.2, 0.25) is 0 Å². The number of hydrogen-bond donors (Lipinski definition) is 1. The zero-order valence-corrected chi connectivity index (χ0v) is 12.5. The third kappa shape index (κ3) is 5.19. The first kappa shape index (κ1) is 15.2. The predicted molar refractivity (Wildman–Crippen MR) is 79.8 cm³/mol. The van der Waals surface area contributed by atoms with Crippen LogP contribution in [0.1, 0.15) is 25.0 Å². The van der Waals surface area contributed by atoms with Crippen molar-refractivity contribution >= 4 is 0 Å². The smallest absolute Gasteiger partial charge is 0.0230 e. The van der Waals surface area contributed by atoms with Gasteiger partial charge < -0.3 is 10.2 Å². The summed E-state index contributed by atoms with van der Waals surface area (Å²) in [6, 6.07) is 8.79. The molecule has 0 aliphatic carbocycles. The Hall–Kier alpha value is -0.860. The van der Waals surface area contributed by atoms with Crippen molar-refractivity contribution in [3.05, 3.63) is 35.4 Å². The molecule has 2 heteroatoms. The average molecular weight is 248 g/mol. The molecule has 1 N–H and O–H groups in total. The van der Waals surface area contributed by atoms with E-state index >= 15 is 0 Å². The van der Waals surface area contributed by atoms with Gasteiger partial charge in [0, 0.05) is 13.1 Å². The molecular formula is C16H28N2. The average Bonchev–Trinajstić information content (AvgIpc) is 2.28. The second kappa shape index (κ2) is 7.55. The van der Waals surface area contributed by atoms with E-state index in [-0.39, 0.29) is 0 Å². The van der Waals surface area contributed by atoms with E-state index in [0.717, 1.165) is 25.6 Å². The summed E-state index contributed by atoms with van der Waals surface area (Å²) in [6.07, 6.45) is 0. The van der Waals surface area contributed by atoms with E-state index in [0.29, 0.717) is 5.92 Å². The fraction of sp³-hybridized carbons (Fsp3) is 0.625. The van der Waals surface area contributed by atoms with Crippen molar-refractivity contribution in [2.45, 2.75) is 27.3 Å². The van der Waals surface area contributed by atoms with Gasteiger partial charge in [-0.25, -0.2) is 0 Å². The molecule has 0 saturated heterocycles. The number of aryl methyl sites for hydroxylation is 1. The van der Waals surface area contributed by atoms with E-state index in [2.05, 4.69) is 62.3 Å². The van der Waals surface area contributed by atoms with E-state index in [4.69, 9.17) is 0 Å². The number of rotatable bonds is 7. The third-order valence-electron chi connectivity index (χ3n) is 3.49. The highest BCUT2D eigenvalue weighted by Crippen LogP contribution is 2.13. The van der Waals surface area contributed by atoms with Gasteiger partial charge in [0.05, 0.1) is 0 Å². The van der Waals surface area contributed by atoms with Gasteiger partial charge in [-0.15, -0.1) is 0 Å². The van der Waals surface area contributed by atoms with Crippen molar-refractivity contribution in [1.82, 2.24) is 10.2 Å². The molecule has 1 atom stereocenters. The van der Waals surface area contributed by atoms with E-state index in [1.165, 1.54) is 11.1 Å². The SMILES string of the molecule is CNCC(CN(C)Cc1cccc(C)c1)C(C)C. The summed E-state index contributed by atoms with van der Waals surface area (Å²) in [6.45, 7) is 10.0. The first-order valence-electron chi connectivity index (χ1n) is 6.91. The zero-order valence-electron chi connectivity index (χ0n) is 12.5. The fourth-order valence-corrected chi connectivity index (χ4v) is 2.36. The third-order valence-corrected chi connectivity index (χ3v) is 3.49. The van der Waals surface area contributed by atoms with Crippen molar-refractivity contribution in [1.29, 1.82) is 0 Å². The Morgan fingerprint density at radius 3 is 2.56 bits per heavy atom.